The van der Waals surface area contributed by atoms with E-state index in [2.05, 4.69) is 37.8 Å². The van der Waals surface area contributed by atoms with Crippen LogP contribution < -0.4 is 21.1 Å². The molecule has 2 aromatic rings. The molecule has 2 saturated carbocycles. The molecule has 0 bridgehead atoms. The van der Waals surface area contributed by atoms with Crippen molar-refractivity contribution in [1.29, 1.82) is 0 Å². The van der Waals surface area contributed by atoms with E-state index in [4.69, 9.17) is 5.14 Å². The van der Waals surface area contributed by atoms with E-state index in [0.29, 0.717) is 17.3 Å². The molecule has 1 aromatic heterocycles. The molecule has 8 nitrogen and oxygen atoms in total. The van der Waals surface area contributed by atoms with Crippen molar-refractivity contribution in [2.24, 2.45) is 11.1 Å². The lowest BCUT2D eigenvalue weighted by Gasteiger charge is -2.26. The molecule has 2 heterocycles. The zero-order valence-electron chi connectivity index (χ0n) is 18.8. The molecule has 13 heteroatoms. The smallest absolute Gasteiger partial charge is 0.364 e. The van der Waals surface area contributed by atoms with Gasteiger partial charge in [-0.1, -0.05) is 11.8 Å². The molecule has 0 radical (unpaired) electrons. The fourth-order valence-corrected chi connectivity index (χ4v) is 4.31. The summed E-state index contributed by atoms with van der Waals surface area (Å²) in [5.74, 6) is 5.70. The van der Waals surface area contributed by atoms with Crippen LogP contribution in [0.4, 0.5) is 35.0 Å². The first-order valence-corrected chi connectivity index (χ1v) is 12.8. The lowest BCUT2D eigenvalue weighted by atomic mass is 10.1. The SMILES string of the molecule is NS(=O)(=O)c1cc(F)cc(CNc2nc3c(c(NC4(C(F)(F)F)CC4)n2)NC(C#CC2CC2)C=C3)c1. The molecule has 2 fully saturated rings. The number of hydrogen-bond donors (Lipinski definition) is 4. The third kappa shape index (κ3) is 5.24. The number of alkyl halides is 3. The van der Waals surface area contributed by atoms with Crippen molar-refractivity contribution in [2.45, 2.75) is 54.9 Å². The third-order valence-electron chi connectivity index (χ3n) is 6.06. The van der Waals surface area contributed by atoms with Gasteiger partial charge in [-0.05, 0) is 61.6 Å². The Bertz CT molecular complexity index is 1410. The summed E-state index contributed by atoms with van der Waals surface area (Å²) < 4.78 is 78.1. The summed E-state index contributed by atoms with van der Waals surface area (Å²) in [6.45, 7) is -0.102. The van der Waals surface area contributed by atoms with Crippen molar-refractivity contribution in [3.05, 3.63) is 41.3 Å². The van der Waals surface area contributed by atoms with E-state index in [1.165, 1.54) is 6.07 Å². The molecule has 2 aliphatic carbocycles. The average molecular weight is 523 g/mol. The van der Waals surface area contributed by atoms with Crippen LogP contribution in [0.2, 0.25) is 0 Å². The highest BCUT2D eigenvalue weighted by atomic mass is 32.2. The van der Waals surface area contributed by atoms with Crippen LogP contribution in [-0.4, -0.2) is 36.1 Å². The first-order valence-electron chi connectivity index (χ1n) is 11.2. The normalized spacial score (nSPS) is 20.0. The predicted molar refractivity (Wildman–Crippen MR) is 126 cm³/mol. The summed E-state index contributed by atoms with van der Waals surface area (Å²) in [7, 11) is -4.13. The molecule has 1 unspecified atom stereocenters. The third-order valence-corrected chi connectivity index (χ3v) is 6.96. The zero-order valence-corrected chi connectivity index (χ0v) is 19.6. The maximum Gasteiger partial charge on any atom is 0.411 e. The maximum absolute atomic E-state index is 13.9. The number of anilines is 3. The number of hydrogen-bond acceptors (Lipinski definition) is 7. The summed E-state index contributed by atoms with van der Waals surface area (Å²) in [6.07, 6.45) is 0.868. The molecule has 36 heavy (non-hydrogen) atoms. The molecule has 0 amide bonds. The summed E-state index contributed by atoms with van der Waals surface area (Å²) in [5.41, 5.74) is -1.19. The number of fused-ring (bicyclic) bond motifs is 1. The second-order valence-electron chi connectivity index (χ2n) is 9.10. The van der Waals surface area contributed by atoms with Crippen molar-refractivity contribution in [2.75, 3.05) is 16.0 Å². The number of rotatable bonds is 6. The van der Waals surface area contributed by atoms with Gasteiger partial charge in [0.15, 0.2) is 5.82 Å². The van der Waals surface area contributed by atoms with Gasteiger partial charge in [0, 0.05) is 12.5 Å². The van der Waals surface area contributed by atoms with E-state index in [9.17, 15) is 26.0 Å². The number of benzene rings is 1. The largest absolute Gasteiger partial charge is 0.411 e. The Morgan fingerprint density at radius 1 is 1.17 bits per heavy atom. The van der Waals surface area contributed by atoms with Gasteiger partial charge in [-0.2, -0.15) is 18.2 Å². The quantitative estimate of drug-likeness (QED) is 0.338. The van der Waals surface area contributed by atoms with E-state index in [-0.39, 0.29) is 36.7 Å². The lowest BCUT2D eigenvalue weighted by Crippen LogP contribution is -2.39. The van der Waals surface area contributed by atoms with Crippen molar-refractivity contribution in [3.63, 3.8) is 0 Å². The van der Waals surface area contributed by atoms with E-state index in [1.807, 2.05) is 0 Å². The highest BCUT2D eigenvalue weighted by Crippen LogP contribution is 2.52. The molecule has 0 spiro atoms. The Labute approximate surface area is 204 Å². The minimum absolute atomic E-state index is 0.0235. The summed E-state index contributed by atoms with van der Waals surface area (Å²) in [6, 6.07) is 2.69. The molecule has 1 aliphatic heterocycles. The first-order chi connectivity index (χ1) is 16.9. The topological polar surface area (TPSA) is 122 Å². The van der Waals surface area contributed by atoms with Crippen LogP contribution in [0.5, 0.6) is 0 Å². The second kappa shape index (κ2) is 8.63. The van der Waals surface area contributed by atoms with Crippen molar-refractivity contribution < 1.29 is 26.0 Å². The van der Waals surface area contributed by atoms with Gasteiger partial charge in [0.1, 0.15) is 23.1 Å². The van der Waals surface area contributed by atoms with Gasteiger partial charge in [-0.3, -0.25) is 0 Å². The van der Waals surface area contributed by atoms with Gasteiger partial charge >= 0.3 is 6.18 Å². The Kier molecular flexibility index (Phi) is 5.83. The van der Waals surface area contributed by atoms with Crippen molar-refractivity contribution in [3.8, 4) is 11.8 Å². The first kappa shape index (κ1) is 24.3. The van der Waals surface area contributed by atoms with Crippen LogP contribution in [-0.2, 0) is 16.6 Å². The Morgan fingerprint density at radius 2 is 1.92 bits per heavy atom. The predicted octanol–water partition coefficient (Wildman–Crippen LogP) is 3.60. The summed E-state index contributed by atoms with van der Waals surface area (Å²) in [4.78, 5) is 8.22. The number of sulfonamides is 1. The van der Waals surface area contributed by atoms with Gasteiger partial charge in [-0.15, -0.1) is 0 Å². The minimum atomic E-state index is -4.47. The molecular weight excluding hydrogens is 500 g/mol. The number of nitrogens with zero attached hydrogens (tertiary/aromatic N) is 2. The van der Waals surface area contributed by atoms with Gasteiger partial charge in [0.2, 0.25) is 16.0 Å². The Balaban J connectivity index is 1.44. The van der Waals surface area contributed by atoms with E-state index >= 15 is 0 Å². The van der Waals surface area contributed by atoms with Crippen molar-refractivity contribution >= 4 is 33.6 Å². The summed E-state index contributed by atoms with van der Waals surface area (Å²) in [5, 5.41) is 13.6. The molecule has 0 saturated heterocycles. The van der Waals surface area contributed by atoms with Crippen LogP contribution >= 0.6 is 0 Å². The standard InChI is InChI=1S/C23H22F4N6O2S/c24-15-9-14(10-17(11-15)36(28,34)35)12-29-21-31-18-6-5-16(4-3-13-1-2-13)30-19(18)20(32-21)33-22(7-8-22)23(25,26)27/h5-6,9-11,13,16,30H,1-2,7-8,12H2,(H2,28,34,35)(H2,29,31,32,33). The van der Waals surface area contributed by atoms with Crippen LogP contribution in [0.15, 0.2) is 29.2 Å². The van der Waals surface area contributed by atoms with Crippen LogP contribution in [0, 0.1) is 23.6 Å². The van der Waals surface area contributed by atoms with Crippen LogP contribution in [0.1, 0.15) is 36.9 Å². The molecule has 190 valence electrons. The fourth-order valence-electron chi connectivity index (χ4n) is 3.72. The summed E-state index contributed by atoms with van der Waals surface area (Å²) >= 11 is 0. The molecule has 3 aliphatic rings. The molecule has 5 N–H and O–H groups in total. The minimum Gasteiger partial charge on any atom is -0.364 e. The number of nitrogens with two attached hydrogens (primary N) is 1. The van der Waals surface area contributed by atoms with Gasteiger partial charge in [-0.25, -0.2) is 22.9 Å². The monoisotopic (exact) mass is 522 g/mol. The highest BCUT2D eigenvalue weighted by molar-refractivity contribution is 7.89. The molecule has 1 aromatic carbocycles. The van der Waals surface area contributed by atoms with Gasteiger partial charge in [0.05, 0.1) is 10.6 Å². The maximum atomic E-state index is 13.9. The van der Waals surface area contributed by atoms with Crippen LogP contribution in [0.25, 0.3) is 6.08 Å². The van der Waals surface area contributed by atoms with E-state index in [1.54, 1.807) is 12.2 Å². The number of aromatic nitrogens is 2. The van der Waals surface area contributed by atoms with Gasteiger partial charge < -0.3 is 16.0 Å². The van der Waals surface area contributed by atoms with E-state index in [0.717, 1.165) is 25.0 Å². The molecule has 1 atom stereocenters. The average Bonchev–Trinajstić information content (AvgIpc) is 3.71. The molecule has 5 rings (SSSR count). The van der Waals surface area contributed by atoms with Crippen LogP contribution in [0.3, 0.4) is 0 Å². The molecular formula is C23H22F4N6O2S. The van der Waals surface area contributed by atoms with Crippen molar-refractivity contribution in [1.82, 2.24) is 9.97 Å². The lowest BCUT2D eigenvalue weighted by molar-refractivity contribution is -0.151. The van der Waals surface area contributed by atoms with E-state index < -0.39 is 38.5 Å². The number of halogens is 4. The fraction of sp³-hybridized carbons (Fsp3) is 0.391. The number of nitrogens with one attached hydrogen (secondary N) is 3. The Morgan fingerprint density at radius 3 is 2.56 bits per heavy atom. The Hall–Kier alpha value is -3.37. The number of primary sulfonamides is 1. The highest BCUT2D eigenvalue weighted by Gasteiger charge is 2.64. The van der Waals surface area contributed by atoms with Gasteiger partial charge in [0.25, 0.3) is 0 Å². The zero-order chi connectivity index (χ0) is 25.7. The second-order valence-corrected chi connectivity index (χ2v) is 10.7.